The number of benzene rings is 1. The van der Waals surface area contributed by atoms with Gasteiger partial charge in [-0.05, 0) is 59.6 Å². The van der Waals surface area contributed by atoms with Gasteiger partial charge in [-0.15, -0.1) is 24.2 Å². The summed E-state index contributed by atoms with van der Waals surface area (Å²) >= 11 is 5.38. The molecule has 0 aliphatic carbocycles. The van der Waals surface area contributed by atoms with Crippen LogP contribution in [0.1, 0.15) is 25.7 Å². The minimum atomic E-state index is 0. The van der Waals surface area contributed by atoms with E-state index in [1.54, 1.807) is 0 Å². The van der Waals surface area contributed by atoms with Crippen molar-refractivity contribution < 1.29 is 4.79 Å². The number of rotatable bonds is 9. The van der Waals surface area contributed by atoms with Crippen molar-refractivity contribution in [2.45, 2.75) is 30.6 Å². The first-order valence-electron chi connectivity index (χ1n) is 6.58. The van der Waals surface area contributed by atoms with Crippen LogP contribution < -0.4 is 11.1 Å². The number of carbonyl (C=O) groups excluding carboxylic acids is 1. The zero-order valence-corrected chi connectivity index (χ0v) is 14.7. The summed E-state index contributed by atoms with van der Waals surface area (Å²) in [6.07, 6.45) is 3.43. The summed E-state index contributed by atoms with van der Waals surface area (Å²) < 4.78 is 1.15. The van der Waals surface area contributed by atoms with Gasteiger partial charge in [0, 0.05) is 22.3 Å². The van der Waals surface area contributed by atoms with Gasteiger partial charge in [-0.3, -0.25) is 4.79 Å². The zero-order chi connectivity index (χ0) is 13.9. The molecular formula is C14H22BrClN2OS. The molecule has 0 atom stereocenters. The van der Waals surface area contributed by atoms with Crippen LogP contribution in [0.25, 0.3) is 0 Å². The summed E-state index contributed by atoms with van der Waals surface area (Å²) in [4.78, 5) is 12.6. The second-order valence-electron chi connectivity index (χ2n) is 4.23. The first kappa shape index (κ1) is 19.8. The third kappa shape index (κ3) is 8.84. The van der Waals surface area contributed by atoms with Crippen molar-refractivity contribution in [2.24, 2.45) is 5.73 Å². The van der Waals surface area contributed by atoms with Crippen LogP contribution >= 0.6 is 40.1 Å². The standard InChI is InChI=1S/C14H21BrN2OS.ClH/c15-12-6-1-2-7-13(12)19-11-4-3-10-17-14(18)8-5-9-16;/h1-2,6-7H,3-5,8-11,16H2,(H,17,18);1H. The van der Waals surface area contributed by atoms with Crippen molar-refractivity contribution in [3.05, 3.63) is 28.7 Å². The van der Waals surface area contributed by atoms with E-state index in [0.29, 0.717) is 13.0 Å². The smallest absolute Gasteiger partial charge is 0.220 e. The molecule has 0 saturated carbocycles. The van der Waals surface area contributed by atoms with Crippen molar-refractivity contribution >= 4 is 46.0 Å². The van der Waals surface area contributed by atoms with Crippen molar-refractivity contribution in [1.29, 1.82) is 0 Å². The number of halogens is 2. The molecule has 0 aromatic heterocycles. The normalized spacial score (nSPS) is 9.90. The van der Waals surface area contributed by atoms with E-state index in [9.17, 15) is 4.79 Å². The van der Waals surface area contributed by atoms with E-state index in [1.165, 1.54) is 4.90 Å². The highest BCUT2D eigenvalue weighted by Crippen LogP contribution is 2.27. The number of hydrogen-bond donors (Lipinski definition) is 2. The molecule has 0 aliphatic rings. The van der Waals surface area contributed by atoms with Gasteiger partial charge < -0.3 is 11.1 Å². The number of hydrogen-bond acceptors (Lipinski definition) is 3. The van der Waals surface area contributed by atoms with Crippen LogP contribution in [-0.2, 0) is 4.79 Å². The van der Waals surface area contributed by atoms with Gasteiger partial charge in [0.1, 0.15) is 0 Å². The Morgan fingerprint density at radius 1 is 1.25 bits per heavy atom. The van der Waals surface area contributed by atoms with Crippen molar-refractivity contribution in [1.82, 2.24) is 5.32 Å². The van der Waals surface area contributed by atoms with Gasteiger partial charge >= 0.3 is 0 Å². The summed E-state index contributed by atoms with van der Waals surface area (Å²) in [7, 11) is 0. The van der Waals surface area contributed by atoms with Gasteiger partial charge in [-0.1, -0.05) is 12.1 Å². The molecule has 0 radical (unpaired) electrons. The van der Waals surface area contributed by atoms with Gasteiger partial charge in [0.25, 0.3) is 0 Å². The van der Waals surface area contributed by atoms with E-state index in [0.717, 1.165) is 36.0 Å². The number of unbranched alkanes of at least 4 members (excludes halogenated alkanes) is 1. The Kier molecular flexibility index (Phi) is 12.4. The SMILES string of the molecule is Cl.NCCCC(=O)NCCCCSc1ccccc1Br. The summed E-state index contributed by atoms with van der Waals surface area (Å²) in [6, 6.07) is 8.24. The molecule has 114 valence electrons. The molecule has 3 nitrogen and oxygen atoms in total. The maximum absolute atomic E-state index is 11.3. The van der Waals surface area contributed by atoms with Gasteiger partial charge in [0.2, 0.25) is 5.91 Å². The van der Waals surface area contributed by atoms with Crippen LogP contribution in [0.15, 0.2) is 33.6 Å². The molecule has 6 heteroatoms. The second-order valence-corrected chi connectivity index (χ2v) is 6.22. The van der Waals surface area contributed by atoms with Crippen LogP contribution in [-0.4, -0.2) is 24.7 Å². The molecule has 0 unspecified atom stereocenters. The Labute approximate surface area is 140 Å². The largest absolute Gasteiger partial charge is 0.356 e. The van der Waals surface area contributed by atoms with Gasteiger partial charge in [0.15, 0.2) is 0 Å². The van der Waals surface area contributed by atoms with Crippen molar-refractivity contribution in [3.63, 3.8) is 0 Å². The lowest BCUT2D eigenvalue weighted by Crippen LogP contribution is -2.24. The number of amides is 1. The van der Waals surface area contributed by atoms with Crippen LogP contribution in [0, 0.1) is 0 Å². The molecule has 0 aliphatic heterocycles. The van der Waals surface area contributed by atoms with E-state index in [1.807, 2.05) is 23.9 Å². The monoisotopic (exact) mass is 380 g/mol. The molecule has 0 heterocycles. The Bertz CT molecular complexity index is 393. The summed E-state index contributed by atoms with van der Waals surface area (Å²) in [5.41, 5.74) is 5.35. The maximum atomic E-state index is 11.3. The minimum absolute atomic E-state index is 0. The highest BCUT2D eigenvalue weighted by Gasteiger charge is 2.00. The molecule has 0 spiro atoms. The average Bonchev–Trinajstić information content (AvgIpc) is 2.42. The third-order valence-electron chi connectivity index (χ3n) is 2.60. The second kappa shape index (κ2) is 12.5. The van der Waals surface area contributed by atoms with E-state index < -0.39 is 0 Å². The van der Waals surface area contributed by atoms with E-state index in [4.69, 9.17) is 5.73 Å². The third-order valence-corrected chi connectivity index (χ3v) is 4.71. The molecule has 0 saturated heterocycles. The zero-order valence-electron chi connectivity index (χ0n) is 11.4. The first-order chi connectivity index (χ1) is 9.24. The number of nitrogens with one attached hydrogen (secondary N) is 1. The molecule has 20 heavy (non-hydrogen) atoms. The maximum Gasteiger partial charge on any atom is 0.220 e. The molecule has 0 bridgehead atoms. The fourth-order valence-corrected chi connectivity index (χ4v) is 3.13. The quantitative estimate of drug-likeness (QED) is 0.507. The van der Waals surface area contributed by atoms with Gasteiger partial charge in [-0.2, -0.15) is 0 Å². The Balaban J connectivity index is 0.00000361. The number of nitrogens with two attached hydrogens (primary N) is 1. The molecule has 1 amide bonds. The molecule has 1 aromatic carbocycles. The van der Waals surface area contributed by atoms with Gasteiger partial charge in [-0.25, -0.2) is 0 Å². The van der Waals surface area contributed by atoms with E-state index >= 15 is 0 Å². The molecule has 1 rings (SSSR count). The fourth-order valence-electron chi connectivity index (χ4n) is 1.55. The van der Waals surface area contributed by atoms with Gasteiger partial charge in [0.05, 0.1) is 0 Å². The molecule has 3 N–H and O–H groups in total. The van der Waals surface area contributed by atoms with Crippen LogP contribution in [0.5, 0.6) is 0 Å². The molecule has 0 fully saturated rings. The fraction of sp³-hybridized carbons (Fsp3) is 0.500. The van der Waals surface area contributed by atoms with Crippen LogP contribution in [0.4, 0.5) is 0 Å². The number of thioether (sulfide) groups is 1. The van der Waals surface area contributed by atoms with Crippen LogP contribution in [0.3, 0.4) is 0 Å². The Hall–Kier alpha value is -0.230. The lowest BCUT2D eigenvalue weighted by molar-refractivity contribution is -0.121. The van der Waals surface area contributed by atoms with Crippen molar-refractivity contribution in [2.75, 3.05) is 18.8 Å². The minimum Gasteiger partial charge on any atom is -0.356 e. The van der Waals surface area contributed by atoms with Crippen LogP contribution in [0.2, 0.25) is 0 Å². The van der Waals surface area contributed by atoms with E-state index in [-0.39, 0.29) is 18.3 Å². The average molecular weight is 382 g/mol. The summed E-state index contributed by atoms with van der Waals surface area (Å²) in [6.45, 7) is 1.34. The first-order valence-corrected chi connectivity index (χ1v) is 8.36. The van der Waals surface area contributed by atoms with E-state index in [2.05, 4.69) is 33.4 Å². The molecule has 1 aromatic rings. The summed E-state index contributed by atoms with van der Waals surface area (Å²) in [5, 5.41) is 2.91. The Morgan fingerprint density at radius 2 is 2.00 bits per heavy atom. The van der Waals surface area contributed by atoms with Crippen molar-refractivity contribution in [3.8, 4) is 0 Å². The molecular weight excluding hydrogens is 360 g/mol. The summed E-state index contributed by atoms with van der Waals surface area (Å²) in [5.74, 6) is 1.19. The highest BCUT2D eigenvalue weighted by atomic mass is 79.9. The topological polar surface area (TPSA) is 55.1 Å². The predicted molar refractivity (Wildman–Crippen MR) is 92.6 cm³/mol. The predicted octanol–water partition coefficient (Wildman–Crippen LogP) is 3.60. The lowest BCUT2D eigenvalue weighted by Gasteiger charge is -2.05. The number of carbonyl (C=O) groups is 1. The highest BCUT2D eigenvalue weighted by molar-refractivity contribution is 9.10. The lowest BCUT2D eigenvalue weighted by atomic mass is 10.3. The Morgan fingerprint density at radius 3 is 2.70 bits per heavy atom.